The van der Waals surface area contributed by atoms with Gasteiger partial charge in [0.05, 0.1) is 19.2 Å². The van der Waals surface area contributed by atoms with Crippen molar-refractivity contribution in [3.8, 4) is 5.75 Å². The molecule has 0 fully saturated rings. The lowest BCUT2D eigenvalue weighted by atomic mass is 10.1. The monoisotopic (exact) mass is 357 g/mol. The van der Waals surface area contributed by atoms with Crippen molar-refractivity contribution >= 4 is 23.5 Å². The summed E-state index contributed by atoms with van der Waals surface area (Å²) in [6.45, 7) is 1.67. The second-order valence-electron chi connectivity index (χ2n) is 5.62. The van der Waals surface area contributed by atoms with Crippen LogP contribution in [0.5, 0.6) is 5.75 Å². The molecule has 9 nitrogen and oxygen atoms in total. The highest BCUT2D eigenvalue weighted by molar-refractivity contribution is 5.99. The fourth-order valence-electron chi connectivity index (χ4n) is 2.63. The van der Waals surface area contributed by atoms with E-state index in [0.717, 1.165) is 0 Å². The highest BCUT2D eigenvalue weighted by atomic mass is 16.6. The van der Waals surface area contributed by atoms with Crippen LogP contribution in [0.25, 0.3) is 0 Å². The summed E-state index contributed by atoms with van der Waals surface area (Å²) in [6.07, 6.45) is -0.755. The second kappa shape index (κ2) is 6.79. The summed E-state index contributed by atoms with van der Waals surface area (Å²) in [5.74, 6) is -0.905. The Labute approximate surface area is 148 Å². The SMILES string of the molecule is COC(=O)c1cccc(CN2C(=O)C(C)Oc3ccc([N+](=O)[O-])nc32)c1. The second-order valence-corrected chi connectivity index (χ2v) is 5.62. The van der Waals surface area contributed by atoms with Gasteiger partial charge in [-0.15, -0.1) is 0 Å². The molecule has 0 bridgehead atoms. The van der Waals surface area contributed by atoms with Crippen molar-refractivity contribution in [2.24, 2.45) is 0 Å². The number of hydrogen-bond acceptors (Lipinski definition) is 7. The third-order valence-electron chi connectivity index (χ3n) is 3.87. The number of rotatable bonds is 4. The van der Waals surface area contributed by atoms with Crippen LogP contribution >= 0.6 is 0 Å². The number of aromatic nitrogens is 1. The molecule has 0 saturated carbocycles. The normalized spacial score (nSPS) is 15.8. The summed E-state index contributed by atoms with van der Waals surface area (Å²) in [5, 5.41) is 11.0. The molecule has 0 spiro atoms. The molecule has 0 aliphatic carbocycles. The van der Waals surface area contributed by atoms with Crippen LogP contribution in [0.3, 0.4) is 0 Å². The molecule has 2 heterocycles. The number of ether oxygens (including phenoxy) is 2. The summed E-state index contributed by atoms with van der Waals surface area (Å²) in [4.78, 5) is 39.8. The molecule has 1 aromatic heterocycles. The smallest absolute Gasteiger partial charge is 0.366 e. The maximum absolute atomic E-state index is 12.5. The van der Waals surface area contributed by atoms with E-state index in [1.54, 1.807) is 31.2 Å². The van der Waals surface area contributed by atoms with Crippen molar-refractivity contribution in [2.75, 3.05) is 12.0 Å². The first-order valence-corrected chi connectivity index (χ1v) is 7.71. The molecule has 1 amide bonds. The largest absolute Gasteiger partial charge is 0.475 e. The van der Waals surface area contributed by atoms with Crippen LogP contribution in [-0.2, 0) is 16.1 Å². The number of amides is 1. The number of methoxy groups -OCH3 is 1. The number of anilines is 1. The molecule has 3 rings (SSSR count). The summed E-state index contributed by atoms with van der Waals surface area (Å²) in [7, 11) is 1.28. The maximum Gasteiger partial charge on any atom is 0.366 e. The van der Waals surface area contributed by atoms with Gasteiger partial charge in [-0.1, -0.05) is 12.1 Å². The van der Waals surface area contributed by atoms with Crippen molar-refractivity contribution in [2.45, 2.75) is 19.6 Å². The molecule has 9 heteroatoms. The maximum atomic E-state index is 12.5. The van der Waals surface area contributed by atoms with E-state index in [4.69, 9.17) is 9.47 Å². The first kappa shape index (κ1) is 17.3. The Bertz CT molecular complexity index is 898. The van der Waals surface area contributed by atoms with Gasteiger partial charge in [-0.05, 0) is 40.6 Å². The van der Waals surface area contributed by atoms with Crippen LogP contribution in [0.4, 0.5) is 11.6 Å². The van der Waals surface area contributed by atoms with E-state index in [1.807, 2.05) is 0 Å². The van der Waals surface area contributed by atoms with Crippen LogP contribution in [-0.4, -0.2) is 35.0 Å². The number of carbonyl (C=O) groups is 2. The average molecular weight is 357 g/mol. The number of benzene rings is 1. The molecule has 1 aromatic carbocycles. The molecule has 134 valence electrons. The molecular formula is C17H15N3O6. The van der Waals surface area contributed by atoms with Crippen LogP contribution < -0.4 is 9.64 Å². The predicted molar refractivity (Wildman–Crippen MR) is 90.0 cm³/mol. The van der Waals surface area contributed by atoms with Crippen LogP contribution in [0.15, 0.2) is 36.4 Å². The highest BCUT2D eigenvalue weighted by Gasteiger charge is 2.36. The fraction of sp³-hybridized carbons (Fsp3) is 0.235. The molecule has 1 aliphatic heterocycles. The Kier molecular flexibility index (Phi) is 4.53. The van der Waals surface area contributed by atoms with Crippen molar-refractivity contribution in [3.05, 3.63) is 57.6 Å². The Morgan fingerprint density at radius 2 is 2.15 bits per heavy atom. The minimum absolute atomic E-state index is 0.0748. The average Bonchev–Trinajstić information content (AvgIpc) is 2.64. The predicted octanol–water partition coefficient (Wildman–Crippen LogP) is 2.09. The molecule has 1 atom stereocenters. The summed E-state index contributed by atoms with van der Waals surface area (Å²) in [6, 6.07) is 9.22. The van der Waals surface area contributed by atoms with Gasteiger partial charge in [-0.25, -0.2) is 4.79 Å². The van der Waals surface area contributed by atoms with Crippen molar-refractivity contribution in [1.82, 2.24) is 4.98 Å². The molecule has 0 radical (unpaired) electrons. The van der Waals surface area contributed by atoms with Gasteiger partial charge in [0.25, 0.3) is 11.7 Å². The standard InChI is InChI=1S/C17H15N3O6/c1-10-16(21)19(9-11-4-3-5-12(8-11)17(22)25-2)15-13(26-10)6-7-14(18-15)20(23)24/h3-8,10H,9H2,1-2H3. The van der Waals surface area contributed by atoms with Crippen molar-refractivity contribution in [1.29, 1.82) is 0 Å². The first-order chi connectivity index (χ1) is 12.4. The quantitative estimate of drug-likeness (QED) is 0.468. The number of fused-ring (bicyclic) bond motifs is 1. The van der Waals surface area contributed by atoms with E-state index in [1.165, 1.54) is 24.1 Å². The number of esters is 1. The Morgan fingerprint density at radius 3 is 2.85 bits per heavy atom. The minimum Gasteiger partial charge on any atom is -0.475 e. The van der Waals surface area contributed by atoms with Crippen LogP contribution in [0, 0.1) is 10.1 Å². The van der Waals surface area contributed by atoms with E-state index in [-0.39, 0.29) is 29.8 Å². The van der Waals surface area contributed by atoms with Gasteiger partial charge >= 0.3 is 11.8 Å². The third-order valence-corrected chi connectivity index (χ3v) is 3.87. The molecule has 1 aliphatic rings. The fourth-order valence-corrected chi connectivity index (χ4v) is 2.63. The Hall–Kier alpha value is -3.49. The van der Waals surface area contributed by atoms with E-state index in [2.05, 4.69) is 4.98 Å². The van der Waals surface area contributed by atoms with Crippen molar-refractivity contribution < 1.29 is 24.0 Å². The molecule has 2 aromatic rings. The number of pyridine rings is 1. The van der Waals surface area contributed by atoms with Crippen LogP contribution in [0.1, 0.15) is 22.8 Å². The van der Waals surface area contributed by atoms with Gasteiger partial charge in [0.15, 0.2) is 11.9 Å². The zero-order valence-electron chi connectivity index (χ0n) is 14.0. The Morgan fingerprint density at radius 1 is 1.38 bits per heavy atom. The van der Waals surface area contributed by atoms with Gasteiger partial charge in [0, 0.05) is 6.07 Å². The van der Waals surface area contributed by atoms with Gasteiger partial charge in [0.2, 0.25) is 0 Å². The summed E-state index contributed by atoms with van der Waals surface area (Å²) < 4.78 is 10.2. The zero-order valence-corrected chi connectivity index (χ0v) is 14.0. The number of nitrogens with zero attached hydrogens (tertiary/aromatic N) is 3. The Balaban J connectivity index is 1.99. The highest BCUT2D eigenvalue weighted by Crippen LogP contribution is 2.34. The topological polar surface area (TPSA) is 112 Å². The zero-order chi connectivity index (χ0) is 18.8. The third kappa shape index (κ3) is 3.18. The van der Waals surface area contributed by atoms with Gasteiger partial charge < -0.3 is 19.6 Å². The lowest BCUT2D eigenvalue weighted by molar-refractivity contribution is -0.389. The molecular weight excluding hydrogens is 342 g/mol. The van der Waals surface area contributed by atoms with Gasteiger partial charge in [0.1, 0.15) is 0 Å². The lowest BCUT2D eigenvalue weighted by Crippen LogP contribution is -2.44. The molecule has 26 heavy (non-hydrogen) atoms. The van der Waals surface area contributed by atoms with E-state index >= 15 is 0 Å². The summed E-state index contributed by atoms with van der Waals surface area (Å²) >= 11 is 0. The first-order valence-electron chi connectivity index (χ1n) is 7.71. The minimum atomic E-state index is -0.755. The summed E-state index contributed by atoms with van der Waals surface area (Å²) in [5.41, 5.74) is 0.987. The molecule has 1 unspecified atom stereocenters. The van der Waals surface area contributed by atoms with E-state index < -0.39 is 17.0 Å². The van der Waals surface area contributed by atoms with Gasteiger partial charge in [-0.3, -0.25) is 9.69 Å². The number of carbonyl (C=O) groups excluding carboxylic acids is 2. The van der Waals surface area contributed by atoms with Gasteiger partial charge in [-0.2, -0.15) is 0 Å². The van der Waals surface area contributed by atoms with Crippen LogP contribution in [0.2, 0.25) is 0 Å². The van der Waals surface area contributed by atoms with Crippen molar-refractivity contribution in [3.63, 3.8) is 0 Å². The molecule has 0 N–H and O–H groups in total. The number of nitro groups is 1. The lowest BCUT2D eigenvalue weighted by Gasteiger charge is -2.29. The van der Waals surface area contributed by atoms with E-state index in [0.29, 0.717) is 11.1 Å². The molecule has 0 saturated heterocycles. The number of hydrogen-bond donors (Lipinski definition) is 0. The van der Waals surface area contributed by atoms with E-state index in [9.17, 15) is 19.7 Å².